The first kappa shape index (κ1) is 18.5. The molecule has 0 radical (unpaired) electrons. The number of nitrogens with zero attached hydrogens (tertiary/aromatic N) is 2. The SMILES string of the molecule is O=C1NCCC(CCCCCO)CN2CCCc3c(-c4cn[nH]c4)sc1c32. The van der Waals surface area contributed by atoms with Gasteiger partial charge in [-0.2, -0.15) is 5.10 Å². The molecule has 1 amide bonds. The van der Waals surface area contributed by atoms with Crippen LogP contribution >= 0.6 is 11.3 Å². The molecule has 3 N–H and O–H groups in total. The molecule has 0 aromatic carbocycles. The Labute approximate surface area is 164 Å². The third-order valence-corrected chi connectivity index (χ3v) is 6.97. The third kappa shape index (κ3) is 3.89. The molecule has 0 aliphatic carbocycles. The maximum absolute atomic E-state index is 12.9. The summed E-state index contributed by atoms with van der Waals surface area (Å²) in [6.45, 7) is 3.08. The number of H-pyrrole nitrogens is 1. The molecule has 2 aliphatic rings. The molecule has 0 bridgehead atoms. The fourth-order valence-electron chi connectivity index (χ4n) is 4.36. The van der Waals surface area contributed by atoms with Crippen LogP contribution in [0.1, 0.15) is 53.8 Å². The topological polar surface area (TPSA) is 81.2 Å². The van der Waals surface area contributed by atoms with Crippen LogP contribution < -0.4 is 10.2 Å². The molecule has 7 heteroatoms. The average Bonchev–Trinajstić information content (AvgIpc) is 3.33. The van der Waals surface area contributed by atoms with E-state index in [0.717, 1.165) is 75.0 Å². The second-order valence-corrected chi connectivity index (χ2v) is 8.63. The highest BCUT2D eigenvalue weighted by molar-refractivity contribution is 7.18. The second kappa shape index (κ2) is 8.44. The predicted molar refractivity (Wildman–Crippen MR) is 108 cm³/mol. The van der Waals surface area contributed by atoms with Crippen molar-refractivity contribution in [3.8, 4) is 10.4 Å². The monoisotopic (exact) mass is 388 g/mol. The predicted octanol–water partition coefficient (Wildman–Crippen LogP) is 3.19. The van der Waals surface area contributed by atoms with E-state index in [9.17, 15) is 4.79 Å². The molecule has 1 atom stereocenters. The van der Waals surface area contributed by atoms with Gasteiger partial charge in [0.05, 0.1) is 11.9 Å². The number of aromatic nitrogens is 2. The molecule has 2 aromatic rings. The minimum atomic E-state index is 0.0684. The van der Waals surface area contributed by atoms with Crippen molar-refractivity contribution in [2.45, 2.75) is 44.9 Å². The fraction of sp³-hybridized carbons (Fsp3) is 0.600. The van der Waals surface area contributed by atoms with E-state index in [2.05, 4.69) is 20.4 Å². The van der Waals surface area contributed by atoms with Crippen molar-refractivity contribution in [3.63, 3.8) is 0 Å². The normalized spacial score (nSPS) is 19.8. The standard InChI is InChI=1S/C20H28N4O2S/c25-10-3-1-2-5-14-7-8-21-20(26)19-17-16(6-4-9-24(17)13-14)18(27-19)15-11-22-23-12-15/h11-12,14,25H,1-10,13H2,(H,21,26)(H,22,23). The Kier molecular flexibility index (Phi) is 5.78. The van der Waals surface area contributed by atoms with Crippen molar-refractivity contribution < 1.29 is 9.90 Å². The zero-order chi connectivity index (χ0) is 18.6. The summed E-state index contributed by atoms with van der Waals surface area (Å²) < 4.78 is 0. The largest absolute Gasteiger partial charge is 0.396 e. The van der Waals surface area contributed by atoms with E-state index in [0.29, 0.717) is 5.92 Å². The summed E-state index contributed by atoms with van der Waals surface area (Å²) in [7, 11) is 0. The van der Waals surface area contributed by atoms with E-state index < -0.39 is 0 Å². The van der Waals surface area contributed by atoms with Crippen LogP contribution in [0.5, 0.6) is 0 Å². The van der Waals surface area contributed by atoms with Crippen LogP contribution in [0.15, 0.2) is 12.4 Å². The van der Waals surface area contributed by atoms with Gasteiger partial charge in [-0.1, -0.05) is 12.8 Å². The lowest BCUT2D eigenvalue weighted by Crippen LogP contribution is -2.34. The van der Waals surface area contributed by atoms with Gasteiger partial charge in [-0.05, 0) is 43.6 Å². The lowest BCUT2D eigenvalue weighted by atomic mass is 9.94. The second-order valence-electron chi connectivity index (χ2n) is 7.61. The number of nitrogens with one attached hydrogen (secondary N) is 2. The number of unbranched alkanes of at least 4 members (excludes halogenated alkanes) is 2. The molecule has 27 heavy (non-hydrogen) atoms. The van der Waals surface area contributed by atoms with Gasteiger partial charge in [0.15, 0.2) is 0 Å². The number of hydrogen-bond donors (Lipinski definition) is 3. The van der Waals surface area contributed by atoms with Gasteiger partial charge < -0.3 is 15.3 Å². The summed E-state index contributed by atoms with van der Waals surface area (Å²) in [5, 5.41) is 19.1. The highest BCUT2D eigenvalue weighted by atomic mass is 32.1. The number of thiophene rings is 1. The first-order chi connectivity index (χ1) is 13.3. The van der Waals surface area contributed by atoms with E-state index >= 15 is 0 Å². The Balaban J connectivity index is 1.62. The number of amides is 1. The summed E-state index contributed by atoms with van der Waals surface area (Å²) in [6.07, 6.45) is 11.2. The molecule has 6 nitrogen and oxygen atoms in total. The zero-order valence-electron chi connectivity index (χ0n) is 15.7. The molecule has 2 aliphatic heterocycles. The lowest BCUT2D eigenvalue weighted by Gasteiger charge is -2.33. The molecular weight excluding hydrogens is 360 g/mol. The summed E-state index contributed by atoms with van der Waals surface area (Å²) in [6, 6.07) is 0. The molecule has 146 valence electrons. The van der Waals surface area contributed by atoms with Crippen LogP contribution in [0, 0.1) is 5.92 Å². The van der Waals surface area contributed by atoms with Crippen molar-refractivity contribution in [1.82, 2.24) is 15.5 Å². The van der Waals surface area contributed by atoms with Crippen molar-refractivity contribution in [2.75, 3.05) is 31.1 Å². The summed E-state index contributed by atoms with van der Waals surface area (Å²) >= 11 is 1.61. The number of hydrogen-bond acceptors (Lipinski definition) is 5. The van der Waals surface area contributed by atoms with E-state index in [4.69, 9.17) is 5.11 Å². The summed E-state index contributed by atoms with van der Waals surface area (Å²) in [4.78, 5) is 17.4. The maximum atomic E-state index is 12.9. The van der Waals surface area contributed by atoms with Crippen LogP contribution in [0.2, 0.25) is 0 Å². The van der Waals surface area contributed by atoms with Gasteiger partial charge in [0, 0.05) is 42.9 Å². The summed E-state index contributed by atoms with van der Waals surface area (Å²) in [5.74, 6) is 0.650. The minimum Gasteiger partial charge on any atom is -0.396 e. The van der Waals surface area contributed by atoms with Gasteiger partial charge in [0.2, 0.25) is 0 Å². The Hall–Kier alpha value is -1.86. The summed E-state index contributed by atoms with van der Waals surface area (Å²) in [5.41, 5.74) is 3.57. The van der Waals surface area contributed by atoms with Crippen LogP contribution in [0.4, 0.5) is 5.69 Å². The zero-order valence-corrected chi connectivity index (χ0v) is 16.5. The molecule has 0 spiro atoms. The molecule has 4 rings (SSSR count). The van der Waals surface area contributed by atoms with Crippen molar-refractivity contribution in [1.29, 1.82) is 0 Å². The van der Waals surface area contributed by atoms with Crippen molar-refractivity contribution in [3.05, 3.63) is 22.8 Å². The Bertz CT molecular complexity index is 771. The lowest BCUT2D eigenvalue weighted by molar-refractivity contribution is 0.0957. The van der Waals surface area contributed by atoms with Crippen LogP contribution in [-0.4, -0.2) is 47.5 Å². The van der Waals surface area contributed by atoms with Gasteiger partial charge in [-0.25, -0.2) is 0 Å². The first-order valence-corrected chi connectivity index (χ1v) is 10.9. The number of rotatable bonds is 6. The highest BCUT2D eigenvalue weighted by Crippen LogP contribution is 2.45. The molecule has 2 aromatic heterocycles. The minimum absolute atomic E-state index is 0.0684. The highest BCUT2D eigenvalue weighted by Gasteiger charge is 2.32. The number of aliphatic hydroxyl groups excluding tert-OH is 1. The van der Waals surface area contributed by atoms with E-state index in [1.54, 1.807) is 11.3 Å². The van der Waals surface area contributed by atoms with Crippen LogP contribution in [0.3, 0.4) is 0 Å². The van der Waals surface area contributed by atoms with Crippen molar-refractivity contribution >= 4 is 22.9 Å². The van der Waals surface area contributed by atoms with E-state index in [1.165, 1.54) is 16.1 Å². The number of aromatic amines is 1. The quantitative estimate of drug-likeness (QED) is 0.664. The number of anilines is 1. The average molecular weight is 389 g/mol. The number of carbonyl (C=O) groups excluding carboxylic acids is 1. The Morgan fingerprint density at radius 3 is 3.04 bits per heavy atom. The van der Waals surface area contributed by atoms with Gasteiger partial charge in [-0.3, -0.25) is 9.89 Å². The molecule has 4 heterocycles. The van der Waals surface area contributed by atoms with Crippen LogP contribution in [0.25, 0.3) is 10.4 Å². The molecule has 0 fully saturated rings. The van der Waals surface area contributed by atoms with Gasteiger partial charge in [-0.15, -0.1) is 11.3 Å². The molecule has 0 saturated heterocycles. The van der Waals surface area contributed by atoms with E-state index in [-0.39, 0.29) is 12.5 Å². The third-order valence-electron chi connectivity index (χ3n) is 5.70. The van der Waals surface area contributed by atoms with E-state index in [1.807, 2.05) is 12.4 Å². The van der Waals surface area contributed by atoms with Gasteiger partial charge in [0.1, 0.15) is 4.88 Å². The van der Waals surface area contributed by atoms with Gasteiger partial charge in [0.25, 0.3) is 5.91 Å². The molecule has 0 saturated carbocycles. The first-order valence-electron chi connectivity index (χ1n) is 10.1. The number of carbonyl (C=O) groups is 1. The van der Waals surface area contributed by atoms with Crippen molar-refractivity contribution in [2.24, 2.45) is 5.92 Å². The number of aliphatic hydroxyl groups is 1. The molecular formula is C20H28N4O2S. The van der Waals surface area contributed by atoms with Crippen LogP contribution in [-0.2, 0) is 6.42 Å². The smallest absolute Gasteiger partial charge is 0.263 e. The molecule has 1 unspecified atom stereocenters. The Morgan fingerprint density at radius 1 is 1.30 bits per heavy atom. The Morgan fingerprint density at radius 2 is 2.22 bits per heavy atom. The fourth-order valence-corrected chi connectivity index (χ4v) is 5.63. The van der Waals surface area contributed by atoms with Gasteiger partial charge >= 0.3 is 0 Å². The maximum Gasteiger partial charge on any atom is 0.263 e.